The van der Waals surface area contributed by atoms with Crippen LogP contribution in [0.4, 0.5) is 4.39 Å². The summed E-state index contributed by atoms with van der Waals surface area (Å²) < 4.78 is 28.7. The summed E-state index contributed by atoms with van der Waals surface area (Å²) >= 11 is -3.06. The van der Waals surface area contributed by atoms with Crippen LogP contribution >= 0.6 is 0 Å². The first-order chi connectivity index (χ1) is 2.27. The maximum atomic E-state index is 10.5. The topological polar surface area (TPSA) is 34.1 Å². The van der Waals surface area contributed by atoms with E-state index in [2.05, 4.69) is 0 Å². The molecule has 6 heavy (non-hydrogen) atoms. The van der Waals surface area contributed by atoms with Crippen LogP contribution < -0.4 is 0 Å². The molecule has 0 saturated carbocycles. The van der Waals surface area contributed by atoms with Crippen molar-refractivity contribution in [3.05, 3.63) is 0 Å². The van der Waals surface area contributed by atoms with Crippen molar-refractivity contribution in [2.45, 2.75) is 0 Å². The Bertz CT molecular complexity index is 71.6. The number of hydrogen-bond acceptors (Lipinski definition) is 2. The molecule has 0 spiro atoms. The molecule has 0 aliphatic rings. The maximum absolute atomic E-state index is 10.5. The van der Waals surface area contributed by atoms with Crippen LogP contribution in [0.1, 0.15) is 0 Å². The van der Waals surface area contributed by atoms with Crippen molar-refractivity contribution in [2.24, 2.45) is 0 Å². The van der Waals surface area contributed by atoms with Gasteiger partial charge in [0.25, 0.3) is 0 Å². The van der Waals surface area contributed by atoms with E-state index in [1.807, 2.05) is 0 Å². The van der Waals surface area contributed by atoms with E-state index in [4.69, 9.17) is 7.67 Å². The van der Waals surface area contributed by atoms with Crippen LogP contribution in [0.2, 0.25) is 0 Å². The van der Waals surface area contributed by atoms with E-state index < -0.39 is 19.3 Å². The van der Waals surface area contributed by atoms with Crippen molar-refractivity contribution >= 4 is 17.4 Å². The molecule has 0 radical (unpaired) electrons. The summed E-state index contributed by atoms with van der Waals surface area (Å²) in [7, 11) is 0. The third kappa shape index (κ3) is 8.82. The summed E-state index contributed by atoms with van der Waals surface area (Å²) in [5.74, 6) is 0. The molecule has 0 N–H and O–H groups in total. The van der Waals surface area contributed by atoms with Crippen LogP contribution in [-0.2, 0) is 21.4 Å². The van der Waals surface area contributed by atoms with Crippen LogP contribution in [0.5, 0.6) is 0 Å². The zero-order chi connectivity index (χ0) is 4.28. The summed E-state index contributed by atoms with van der Waals surface area (Å²) in [5.41, 5.74) is -1.20. The molecule has 0 amide bonds. The van der Waals surface area contributed by atoms with Gasteiger partial charge in [0.05, 0.1) is 0 Å². The minimum atomic E-state index is -3.06. The summed E-state index contributed by atoms with van der Waals surface area (Å²) in [6, 6.07) is 0. The average Bonchev–Trinajstić information content (AvgIpc) is 1.38. The van der Waals surface area contributed by atoms with Gasteiger partial charge in [0.15, 0.2) is 17.4 Å². The van der Waals surface area contributed by atoms with Gasteiger partial charge in [0, 0.05) is 0 Å². The average molecular weight is 150 g/mol. The fourth-order valence-corrected chi connectivity index (χ4v) is 0. The second kappa shape index (κ2) is 5.58. The molecule has 2 nitrogen and oxygen atoms in total. The standard InChI is InChI=1S/CH2F.Al.Mn.2O.3H/c1-2;;;;;;;/h1H2;;;;;;;. The Kier molecular flexibility index (Phi) is 9.09. The van der Waals surface area contributed by atoms with Crippen LogP contribution in [-0.4, -0.2) is 22.9 Å². The quantitative estimate of drug-likeness (QED) is 0.451. The fraction of sp³-hybridized carbons (Fsp3) is 1.00. The molecule has 0 unspecified atom stereocenters. The molecule has 0 bridgehead atoms. The molecule has 0 saturated heterocycles. The molecule has 0 aliphatic heterocycles. The normalized spacial score (nSPS) is 7.67. The third-order valence-corrected chi connectivity index (χ3v) is 0.340. The van der Waals surface area contributed by atoms with Gasteiger partial charge in [-0.1, -0.05) is 0 Å². The zero-order valence-electron chi connectivity index (χ0n) is 2.28. The Morgan fingerprint density at radius 1 is 1.50 bits per heavy atom. The SMILES string of the molecule is [AlH3].[O]=[Mn](=[O])[CH2]F. The van der Waals surface area contributed by atoms with Gasteiger partial charge in [-0.2, -0.15) is 0 Å². The fourth-order valence-electron chi connectivity index (χ4n) is 0. The molecule has 0 rings (SSSR count). The molecule has 5 heteroatoms. The summed E-state index contributed by atoms with van der Waals surface area (Å²) in [6.07, 6.45) is 0. The van der Waals surface area contributed by atoms with Crippen LogP contribution in [0.3, 0.4) is 0 Å². The van der Waals surface area contributed by atoms with E-state index in [-0.39, 0.29) is 17.4 Å². The van der Waals surface area contributed by atoms with Gasteiger partial charge >= 0.3 is 31.4 Å². The van der Waals surface area contributed by atoms with Crippen molar-refractivity contribution in [1.82, 2.24) is 0 Å². The van der Waals surface area contributed by atoms with E-state index >= 15 is 0 Å². The first kappa shape index (κ1) is 9.77. The molecule has 0 aromatic rings. The predicted octanol–water partition coefficient (Wildman–Crippen LogP) is -0.961. The van der Waals surface area contributed by atoms with E-state index in [1.165, 1.54) is 0 Å². The Morgan fingerprint density at radius 3 is 1.67 bits per heavy atom. The zero-order valence-corrected chi connectivity index (χ0v) is 3.46. The Morgan fingerprint density at radius 2 is 1.67 bits per heavy atom. The third-order valence-electron chi connectivity index (χ3n) is 0.0825. The van der Waals surface area contributed by atoms with Gasteiger partial charge in [0.1, 0.15) is 0 Å². The van der Waals surface area contributed by atoms with Gasteiger partial charge in [-0.05, 0) is 0 Å². The number of hydrogen-bond donors (Lipinski definition) is 0. The molecule has 0 aromatic heterocycles. The first-order valence-electron chi connectivity index (χ1n) is 0.843. The van der Waals surface area contributed by atoms with Gasteiger partial charge in [-0.3, -0.25) is 0 Å². The number of rotatable bonds is 1. The summed E-state index contributed by atoms with van der Waals surface area (Å²) in [4.78, 5) is 0. The molecule has 0 aliphatic carbocycles. The molecular weight excluding hydrogens is 145 g/mol. The first-order valence-corrected chi connectivity index (χ1v) is 2.64. The minimum absolute atomic E-state index is 0. The van der Waals surface area contributed by atoms with Crippen molar-refractivity contribution in [1.29, 1.82) is 0 Å². The van der Waals surface area contributed by atoms with Gasteiger partial charge in [0.2, 0.25) is 0 Å². The molecule has 0 aromatic carbocycles. The molecule has 38 valence electrons. The van der Waals surface area contributed by atoms with Gasteiger partial charge < -0.3 is 0 Å². The Labute approximate surface area is 49.1 Å². The van der Waals surface area contributed by atoms with E-state index in [9.17, 15) is 4.39 Å². The monoisotopic (exact) mass is 150 g/mol. The number of alkyl halides is 1. The molecule has 0 atom stereocenters. The van der Waals surface area contributed by atoms with Crippen LogP contribution in [0, 0.1) is 0 Å². The predicted molar refractivity (Wildman–Crippen MR) is 17.3 cm³/mol. The van der Waals surface area contributed by atoms with Crippen LogP contribution in [0.25, 0.3) is 0 Å². The summed E-state index contributed by atoms with van der Waals surface area (Å²) in [5, 5.41) is 0. The van der Waals surface area contributed by atoms with Crippen molar-refractivity contribution in [3.63, 3.8) is 0 Å². The Hall–Kier alpha value is 0.582. The second-order valence-electron chi connectivity index (χ2n) is 0.382. The van der Waals surface area contributed by atoms with Crippen molar-refractivity contribution in [3.8, 4) is 0 Å². The number of halogens is 1. The van der Waals surface area contributed by atoms with Crippen molar-refractivity contribution < 1.29 is 25.8 Å². The van der Waals surface area contributed by atoms with Gasteiger partial charge in [-0.15, -0.1) is 0 Å². The van der Waals surface area contributed by atoms with E-state index in [1.54, 1.807) is 0 Å². The van der Waals surface area contributed by atoms with E-state index in [0.717, 1.165) is 0 Å². The van der Waals surface area contributed by atoms with Crippen LogP contribution in [0.15, 0.2) is 0 Å². The molecule has 0 fully saturated rings. The molecule has 0 heterocycles. The second-order valence-corrected chi connectivity index (χ2v) is 1.58. The van der Waals surface area contributed by atoms with Gasteiger partial charge in [-0.25, -0.2) is 0 Å². The van der Waals surface area contributed by atoms with E-state index in [0.29, 0.717) is 0 Å². The molecular formula is CH5AlFMnO2. The van der Waals surface area contributed by atoms with Crippen molar-refractivity contribution in [2.75, 3.05) is 5.57 Å². The summed E-state index contributed by atoms with van der Waals surface area (Å²) in [6.45, 7) is 0. The Balaban J connectivity index is 0.